The number of benzene rings is 2. The quantitative estimate of drug-likeness (QED) is 0.595. The second-order valence-electron chi connectivity index (χ2n) is 6.73. The van der Waals surface area contributed by atoms with Crippen LogP contribution < -0.4 is 4.74 Å². The highest BCUT2D eigenvalue weighted by Crippen LogP contribution is 2.40. The van der Waals surface area contributed by atoms with Crippen molar-refractivity contribution < 1.29 is 4.74 Å². The van der Waals surface area contributed by atoms with Crippen LogP contribution in [0.15, 0.2) is 47.6 Å². The van der Waals surface area contributed by atoms with E-state index in [-0.39, 0.29) is 0 Å². The van der Waals surface area contributed by atoms with E-state index in [4.69, 9.17) is 21.3 Å². The highest BCUT2D eigenvalue weighted by Gasteiger charge is 2.29. The standard InChI is InChI=1S/C21H21ClN2OS/c1-13-12-14(6-11-18(13)22)17-4-3-5-19-20(17)24(21(26)23-19)15-7-9-16(25-2)10-8-15/h6-12,17H,3-5H2,1-2H3,(H,23,26). The lowest BCUT2D eigenvalue weighted by molar-refractivity contribution is 0.414. The summed E-state index contributed by atoms with van der Waals surface area (Å²) >= 11 is 10.9. The third-order valence-electron chi connectivity index (χ3n) is 5.12. The smallest absolute Gasteiger partial charge is 0.169 e. The molecule has 26 heavy (non-hydrogen) atoms. The first-order valence-electron chi connectivity index (χ1n) is 8.79. The van der Waals surface area contributed by atoms with E-state index in [1.807, 2.05) is 18.2 Å². The number of methoxy groups -OCH3 is 1. The molecule has 0 amide bonds. The Morgan fingerprint density at radius 3 is 2.65 bits per heavy atom. The van der Waals surface area contributed by atoms with Gasteiger partial charge in [-0.1, -0.05) is 23.7 Å². The molecule has 1 aliphatic carbocycles. The van der Waals surface area contributed by atoms with Gasteiger partial charge in [-0.2, -0.15) is 0 Å². The summed E-state index contributed by atoms with van der Waals surface area (Å²) in [6, 6.07) is 14.4. The molecule has 0 N–H and O–H groups in total. The number of ether oxygens (including phenoxy) is 1. The average molecular weight is 385 g/mol. The van der Waals surface area contributed by atoms with Gasteiger partial charge in [0, 0.05) is 16.6 Å². The Morgan fingerprint density at radius 2 is 1.96 bits per heavy atom. The van der Waals surface area contributed by atoms with E-state index in [1.54, 1.807) is 7.11 Å². The first kappa shape index (κ1) is 17.5. The second kappa shape index (κ2) is 7.01. The van der Waals surface area contributed by atoms with Crippen molar-refractivity contribution in [2.75, 3.05) is 7.11 Å². The van der Waals surface area contributed by atoms with Crippen molar-refractivity contribution in [2.45, 2.75) is 37.3 Å². The number of thiol groups is 1. The molecule has 0 saturated carbocycles. The van der Waals surface area contributed by atoms with Crippen LogP contribution in [-0.2, 0) is 6.42 Å². The van der Waals surface area contributed by atoms with E-state index in [2.05, 4.69) is 48.4 Å². The van der Waals surface area contributed by atoms with Gasteiger partial charge in [0.1, 0.15) is 5.75 Å². The van der Waals surface area contributed by atoms with Crippen LogP contribution in [-0.4, -0.2) is 16.7 Å². The largest absolute Gasteiger partial charge is 0.497 e. The molecule has 3 aromatic rings. The van der Waals surface area contributed by atoms with E-state index >= 15 is 0 Å². The van der Waals surface area contributed by atoms with Crippen molar-refractivity contribution >= 4 is 24.2 Å². The number of hydrogen-bond donors (Lipinski definition) is 1. The predicted octanol–water partition coefficient (Wildman–Crippen LogP) is 5.60. The zero-order valence-electron chi connectivity index (χ0n) is 14.9. The first-order valence-corrected chi connectivity index (χ1v) is 9.62. The van der Waals surface area contributed by atoms with E-state index in [0.717, 1.165) is 52.1 Å². The minimum absolute atomic E-state index is 0.296. The molecule has 0 aliphatic heterocycles. The fourth-order valence-corrected chi connectivity index (χ4v) is 4.27. The monoisotopic (exact) mass is 384 g/mol. The van der Waals surface area contributed by atoms with Crippen LogP contribution in [0.1, 0.15) is 41.3 Å². The SMILES string of the molecule is COc1ccc(-n2c(S)nc3c2C(c2ccc(Cl)c(C)c2)CCC3)cc1. The van der Waals surface area contributed by atoms with Gasteiger partial charge < -0.3 is 4.74 Å². The van der Waals surface area contributed by atoms with Gasteiger partial charge in [-0.15, -0.1) is 12.6 Å². The lowest BCUT2D eigenvalue weighted by atomic mass is 9.83. The van der Waals surface area contributed by atoms with E-state index in [0.29, 0.717) is 5.92 Å². The van der Waals surface area contributed by atoms with Gasteiger partial charge in [-0.25, -0.2) is 4.98 Å². The van der Waals surface area contributed by atoms with Crippen molar-refractivity contribution in [3.63, 3.8) is 0 Å². The average Bonchev–Trinajstić information content (AvgIpc) is 3.00. The molecule has 0 spiro atoms. The fraction of sp³-hybridized carbons (Fsp3) is 0.286. The lowest BCUT2D eigenvalue weighted by Gasteiger charge is -2.25. The van der Waals surface area contributed by atoms with Gasteiger partial charge in [0.05, 0.1) is 18.5 Å². The molecule has 1 aromatic heterocycles. The molecule has 1 unspecified atom stereocenters. The number of fused-ring (bicyclic) bond motifs is 1. The van der Waals surface area contributed by atoms with E-state index < -0.39 is 0 Å². The lowest BCUT2D eigenvalue weighted by Crippen LogP contribution is -2.15. The van der Waals surface area contributed by atoms with Crippen LogP contribution in [0.5, 0.6) is 5.75 Å². The van der Waals surface area contributed by atoms with E-state index in [9.17, 15) is 0 Å². The summed E-state index contributed by atoms with van der Waals surface area (Å²) in [7, 11) is 1.68. The summed E-state index contributed by atoms with van der Waals surface area (Å²) in [5.41, 5.74) is 5.85. The van der Waals surface area contributed by atoms with Crippen LogP contribution in [0.2, 0.25) is 5.02 Å². The summed E-state index contributed by atoms with van der Waals surface area (Å²) in [6.07, 6.45) is 3.23. The van der Waals surface area contributed by atoms with Crippen molar-refractivity contribution in [3.05, 3.63) is 70.0 Å². The number of aromatic nitrogens is 2. The number of halogens is 1. The van der Waals surface area contributed by atoms with Gasteiger partial charge >= 0.3 is 0 Å². The molecule has 1 aliphatic rings. The predicted molar refractivity (Wildman–Crippen MR) is 108 cm³/mol. The molecule has 0 fully saturated rings. The Balaban J connectivity index is 1.85. The number of nitrogens with zero attached hydrogens (tertiary/aromatic N) is 2. The summed E-state index contributed by atoms with van der Waals surface area (Å²) in [4.78, 5) is 4.76. The van der Waals surface area contributed by atoms with Crippen LogP contribution >= 0.6 is 24.2 Å². The third-order valence-corrected chi connectivity index (χ3v) is 5.85. The van der Waals surface area contributed by atoms with E-state index in [1.165, 1.54) is 11.3 Å². The minimum atomic E-state index is 0.296. The number of hydrogen-bond acceptors (Lipinski definition) is 3. The molecule has 0 bridgehead atoms. The highest BCUT2D eigenvalue weighted by molar-refractivity contribution is 7.80. The summed E-state index contributed by atoms with van der Waals surface area (Å²) in [5, 5.41) is 1.54. The Labute approximate surface area is 164 Å². The summed E-state index contributed by atoms with van der Waals surface area (Å²) < 4.78 is 7.46. The Morgan fingerprint density at radius 1 is 1.19 bits per heavy atom. The number of aryl methyl sites for hydroxylation is 2. The Kier molecular flexibility index (Phi) is 4.72. The molecule has 4 rings (SSSR count). The fourth-order valence-electron chi connectivity index (χ4n) is 3.81. The zero-order chi connectivity index (χ0) is 18.3. The normalized spacial score (nSPS) is 16.4. The highest BCUT2D eigenvalue weighted by atomic mass is 35.5. The van der Waals surface area contributed by atoms with Crippen molar-refractivity contribution in [3.8, 4) is 11.4 Å². The molecule has 1 heterocycles. The molecule has 2 aromatic carbocycles. The van der Waals surface area contributed by atoms with Crippen LogP contribution in [0.3, 0.4) is 0 Å². The van der Waals surface area contributed by atoms with Crippen LogP contribution in [0, 0.1) is 6.92 Å². The topological polar surface area (TPSA) is 27.1 Å². The van der Waals surface area contributed by atoms with Crippen molar-refractivity contribution in [2.24, 2.45) is 0 Å². The van der Waals surface area contributed by atoms with Crippen LogP contribution in [0.4, 0.5) is 0 Å². The van der Waals surface area contributed by atoms with Crippen molar-refractivity contribution in [1.29, 1.82) is 0 Å². The molecule has 5 heteroatoms. The third kappa shape index (κ3) is 3.01. The maximum Gasteiger partial charge on any atom is 0.169 e. The van der Waals surface area contributed by atoms with Gasteiger partial charge in [-0.3, -0.25) is 4.57 Å². The zero-order valence-corrected chi connectivity index (χ0v) is 16.5. The summed E-state index contributed by atoms with van der Waals surface area (Å²) in [5.74, 6) is 1.14. The van der Waals surface area contributed by atoms with Crippen molar-refractivity contribution in [1.82, 2.24) is 9.55 Å². The van der Waals surface area contributed by atoms with Gasteiger partial charge in [0.2, 0.25) is 0 Å². The van der Waals surface area contributed by atoms with Crippen LogP contribution in [0.25, 0.3) is 5.69 Å². The maximum atomic E-state index is 6.24. The number of imidazole rings is 1. The number of rotatable bonds is 3. The summed E-state index contributed by atoms with van der Waals surface area (Å²) in [6.45, 7) is 2.06. The molecule has 134 valence electrons. The molecular weight excluding hydrogens is 364 g/mol. The molecule has 0 saturated heterocycles. The molecule has 1 atom stereocenters. The first-order chi connectivity index (χ1) is 12.6. The van der Waals surface area contributed by atoms with Gasteiger partial charge in [-0.05, 0) is 67.6 Å². The minimum Gasteiger partial charge on any atom is -0.497 e. The van der Waals surface area contributed by atoms with Gasteiger partial charge in [0.15, 0.2) is 5.16 Å². The molecule has 0 radical (unpaired) electrons. The maximum absolute atomic E-state index is 6.24. The second-order valence-corrected chi connectivity index (χ2v) is 7.54. The Hall–Kier alpha value is -1.91. The molecule has 3 nitrogen and oxygen atoms in total. The Bertz CT molecular complexity index is 949. The van der Waals surface area contributed by atoms with Gasteiger partial charge in [0.25, 0.3) is 0 Å². The molecular formula is C21H21ClN2OS.